The minimum Gasteiger partial charge on any atom is -0.396 e. The van der Waals surface area contributed by atoms with Crippen molar-refractivity contribution in [3.8, 4) is 11.1 Å². The number of nitrogens with zero attached hydrogens (tertiary/aromatic N) is 4. The average Bonchev–Trinajstić information content (AvgIpc) is 3.57. The minimum absolute atomic E-state index is 0.0866. The first-order valence-electron chi connectivity index (χ1n) is 13.1. The van der Waals surface area contributed by atoms with Gasteiger partial charge in [-0.1, -0.05) is 12.8 Å². The quantitative estimate of drug-likeness (QED) is 0.581. The summed E-state index contributed by atoms with van der Waals surface area (Å²) in [6.07, 6.45) is 11.6. The summed E-state index contributed by atoms with van der Waals surface area (Å²) in [5.74, 6) is -0.912. The molecule has 0 unspecified atom stereocenters. The van der Waals surface area contributed by atoms with Crippen molar-refractivity contribution in [2.24, 2.45) is 11.8 Å². The molecule has 4 heterocycles. The standard InChI is InChI=1S/C26H32N6O4/c33-13-20-19-12-31-21(9-8-18(25(31)35)15-10-27-14-28-11-15)22(19)32(26(36)30-17-4-1-2-5-17)23(20)24(34)29-16-6-3-7-16/h8-11,14,16-17,19-20,22-23,33H,1-7,12-13H2,(H,29,34)(H,30,36)/t19-,20-,22+,23-/m1/s1. The summed E-state index contributed by atoms with van der Waals surface area (Å²) >= 11 is 0. The zero-order valence-electron chi connectivity index (χ0n) is 20.2. The molecule has 10 nitrogen and oxygen atoms in total. The summed E-state index contributed by atoms with van der Waals surface area (Å²) in [7, 11) is 0. The van der Waals surface area contributed by atoms with Gasteiger partial charge in [-0.05, 0) is 44.2 Å². The molecule has 2 saturated carbocycles. The van der Waals surface area contributed by atoms with Crippen LogP contribution >= 0.6 is 0 Å². The molecule has 2 aromatic heterocycles. The molecular formula is C26H32N6O4. The van der Waals surface area contributed by atoms with E-state index in [0.29, 0.717) is 23.4 Å². The highest BCUT2D eigenvalue weighted by atomic mass is 16.3. The van der Waals surface area contributed by atoms with Crippen LogP contribution < -0.4 is 16.2 Å². The van der Waals surface area contributed by atoms with Crippen LogP contribution in [0.4, 0.5) is 4.79 Å². The van der Waals surface area contributed by atoms with Gasteiger partial charge >= 0.3 is 6.03 Å². The van der Waals surface area contributed by atoms with E-state index in [9.17, 15) is 19.5 Å². The number of aromatic nitrogens is 3. The van der Waals surface area contributed by atoms with Gasteiger partial charge in [0.15, 0.2) is 0 Å². The van der Waals surface area contributed by atoms with E-state index in [1.165, 1.54) is 6.33 Å². The maximum Gasteiger partial charge on any atom is 0.318 e. The van der Waals surface area contributed by atoms with E-state index in [1.807, 2.05) is 6.07 Å². The van der Waals surface area contributed by atoms with E-state index in [4.69, 9.17) is 0 Å². The lowest BCUT2D eigenvalue weighted by atomic mass is 9.87. The first kappa shape index (κ1) is 23.1. The molecule has 36 heavy (non-hydrogen) atoms. The fourth-order valence-corrected chi connectivity index (χ4v) is 6.53. The zero-order valence-corrected chi connectivity index (χ0v) is 20.2. The molecule has 190 valence electrons. The van der Waals surface area contributed by atoms with Crippen LogP contribution in [0.3, 0.4) is 0 Å². The summed E-state index contributed by atoms with van der Waals surface area (Å²) in [5.41, 5.74) is 1.63. The van der Waals surface area contributed by atoms with Gasteiger partial charge in [-0.25, -0.2) is 14.8 Å². The Balaban J connectivity index is 1.38. The van der Waals surface area contributed by atoms with Crippen molar-refractivity contribution in [2.45, 2.75) is 75.7 Å². The lowest BCUT2D eigenvalue weighted by molar-refractivity contribution is -0.128. The van der Waals surface area contributed by atoms with Crippen LogP contribution in [0.1, 0.15) is 56.7 Å². The van der Waals surface area contributed by atoms with Crippen LogP contribution in [0.25, 0.3) is 11.1 Å². The number of hydrogen-bond acceptors (Lipinski definition) is 6. The second-order valence-electron chi connectivity index (χ2n) is 10.6. The topological polar surface area (TPSA) is 129 Å². The molecule has 0 aromatic carbocycles. The molecule has 3 N–H and O–H groups in total. The van der Waals surface area contributed by atoms with E-state index < -0.39 is 18.0 Å². The Kier molecular flexibility index (Phi) is 5.99. The van der Waals surface area contributed by atoms with Crippen molar-refractivity contribution < 1.29 is 14.7 Å². The van der Waals surface area contributed by atoms with Gasteiger partial charge < -0.3 is 25.2 Å². The number of aliphatic hydroxyl groups is 1. The van der Waals surface area contributed by atoms with Gasteiger partial charge in [-0.15, -0.1) is 0 Å². The number of carbonyl (C=O) groups excluding carboxylic acids is 2. The van der Waals surface area contributed by atoms with Crippen LogP contribution in [0, 0.1) is 11.8 Å². The van der Waals surface area contributed by atoms with Crippen LogP contribution in [-0.4, -0.2) is 61.2 Å². The monoisotopic (exact) mass is 492 g/mol. The van der Waals surface area contributed by atoms with Crippen molar-refractivity contribution in [3.63, 3.8) is 0 Å². The SMILES string of the molecule is O=C(NC1CCC1)[C@H]1[C@H](CO)[C@H]2Cn3c(ccc(-c4cncnc4)c3=O)[C@H]2N1C(=O)NC1CCCC1. The average molecular weight is 493 g/mol. The summed E-state index contributed by atoms with van der Waals surface area (Å²) in [5, 5.41) is 16.7. The van der Waals surface area contributed by atoms with E-state index in [0.717, 1.165) is 44.9 Å². The number of carbonyl (C=O) groups is 2. The first-order valence-corrected chi connectivity index (χ1v) is 13.1. The van der Waals surface area contributed by atoms with Gasteiger partial charge in [0, 0.05) is 60.7 Å². The molecule has 2 aliphatic heterocycles. The third-order valence-electron chi connectivity index (χ3n) is 8.58. The summed E-state index contributed by atoms with van der Waals surface area (Å²) in [6.45, 7) is 0.102. The molecule has 4 atom stereocenters. The van der Waals surface area contributed by atoms with Gasteiger partial charge in [-0.2, -0.15) is 0 Å². The fourth-order valence-electron chi connectivity index (χ4n) is 6.53. The summed E-state index contributed by atoms with van der Waals surface area (Å²) < 4.78 is 1.69. The first-order chi connectivity index (χ1) is 17.6. The van der Waals surface area contributed by atoms with Crippen LogP contribution in [0.5, 0.6) is 0 Å². The molecule has 2 aromatic rings. The predicted molar refractivity (Wildman–Crippen MR) is 131 cm³/mol. The third kappa shape index (κ3) is 3.78. The normalized spacial score (nSPS) is 27.4. The van der Waals surface area contributed by atoms with Crippen LogP contribution in [-0.2, 0) is 11.3 Å². The Bertz CT molecular complexity index is 1210. The molecule has 4 aliphatic rings. The Morgan fingerprint density at radius 3 is 2.36 bits per heavy atom. The second-order valence-corrected chi connectivity index (χ2v) is 10.6. The molecule has 6 rings (SSSR count). The number of pyridine rings is 1. The number of fused-ring (bicyclic) bond motifs is 3. The number of aliphatic hydroxyl groups excluding tert-OH is 1. The van der Waals surface area contributed by atoms with Gasteiger partial charge in [0.2, 0.25) is 5.91 Å². The van der Waals surface area contributed by atoms with Crippen molar-refractivity contribution in [3.05, 3.63) is 46.9 Å². The molecular weight excluding hydrogens is 460 g/mol. The number of nitrogens with one attached hydrogen (secondary N) is 2. The van der Waals surface area contributed by atoms with Gasteiger partial charge in [-0.3, -0.25) is 9.59 Å². The van der Waals surface area contributed by atoms with Crippen molar-refractivity contribution >= 4 is 11.9 Å². The molecule has 10 heteroatoms. The zero-order chi connectivity index (χ0) is 24.8. The van der Waals surface area contributed by atoms with Gasteiger partial charge in [0.25, 0.3) is 5.56 Å². The molecule has 3 fully saturated rings. The van der Waals surface area contributed by atoms with Crippen molar-refractivity contribution in [1.82, 2.24) is 30.1 Å². The predicted octanol–water partition coefficient (Wildman–Crippen LogP) is 1.59. The second kappa shape index (κ2) is 9.31. The number of amides is 3. The minimum atomic E-state index is -0.780. The van der Waals surface area contributed by atoms with Gasteiger partial charge in [0.1, 0.15) is 12.4 Å². The van der Waals surface area contributed by atoms with Crippen molar-refractivity contribution in [1.29, 1.82) is 0 Å². The van der Waals surface area contributed by atoms with Crippen molar-refractivity contribution in [2.75, 3.05) is 6.61 Å². The van der Waals surface area contributed by atoms with E-state index in [-0.39, 0.29) is 42.1 Å². The van der Waals surface area contributed by atoms with E-state index in [1.54, 1.807) is 27.9 Å². The Morgan fingerprint density at radius 2 is 1.69 bits per heavy atom. The van der Waals surface area contributed by atoms with Crippen LogP contribution in [0.15, 0.2) is 35.6 Å². The Morgan fingerprint density at radius 1 is 1.00 bits per heavy atom. The highest BCUT2D eigenvalue weighted by Crippen LogP contribution is 2.49. The highest BCUT2D eigenvalue weighted by Gasteiger charge is 2.57. The summed E-state index contributed by atoms with van der Waals surface area (Å²) in [4.78, 5) is 50.4. The third-order valence-corrected chi connectivity index (χ3v) is 8.58. The number of urea groups is 1. The lowest BCUT2D eigenvalue weighted by Gasteiger charge is -2.34. The Labute approximate surface area is 209 Å². The lowest BCUT2D eigenvalue weighted by Crippen LogP contribution is -2.56. The fraction of sp³-hybridized carbons (Fsp3) is 0.577. The molecule has 0 spiro atoms. The summed E-state index contributed by atoms with van der Waals surface area (Å²) in [6, 6.07) is 2.30. The maximum absolute atomic E-state index is 13.7. The molecule has 0 radical (unpaired) electrons. The molecule has 0 bridgehead atoms. The van der Waals surface area contributed by atoms with Gasteiger partial charge in [0.05, 0.1) is 11.6 Å². The number of rotatable bonds is 5. The van der Waals surface area contributed by atoms with E-state index in [2.05, 4.69) is 20.6 Å². The number of likely N-dealkylation sites (tertiary alicyclic amines) is 1. The number of hydrogen-bond donors (Lipinski definition) is 3. The van der Waals surface area contributed by atoms with E-state index >= 15 is 0 Å². The van der Waals surface area contributed by atoms with Crippen LogP contribution in [0.2, 0.25) is 0 Å². The molecule has 2 aliphatic carbocycles. The molecule has 3 amide bonds. The Hall–Kier alpha value is -3.27. The molecule has 1 saturated heterocycles. The smallest absolute Gasteiger partial charge is 0.318 e. The maximum atomic E-state index is 13.7. The highest BCUT2D eigenvalue weighted by molar-refractivity contribution is 5.89. The largest absolute Gasteiger partial charge is 0.396 e.